The summed E-state index contributed by atoms with van der Waals surface area (Å²) in [4.78, 5) is 29.1. The van der Waals surface area contributed by atoms with Gasteiger partial charge < -0.3 is 29.5 Å². The lowest BCUT2D eigenvalue weighted by molar-refractivity contribution is -0.904. The molecule has 0 spiro atoms. The number of benzene rings is 2. The molecule has 3 atom stereocenters. The van der Waals surface area contributed by atoms with E-state index in [1.54, 1.807) is 19.2 Å². The molecule has 0 bridgehead atoms. The van der Waals surface area contributed by atoms with E-state index in [4.69, 9.17) is 37.4 Å². The third-order valence-electron chi connectivity index (χ3n) is 8.43. The lowest BCUT2D eigenvalue weighted by atomic mass is 9.85. The number of ether oxygens (including phenoxy) is 3. The Hall–Kier alpha value is -3.87. The van der Waals surface area contributed by atoms with Gasteiger partial charge in [0.2, 0.25) is 12.4 Å². The number of esters is 1. The molecule has 1 fully saturated rings. The van der Waals surface area contributed by atoms with Gasteiger partial charge in [-0.05, 0) is 54.8 Å². The number of hydrogen-bond donors (Lipinski definition) is 3. The quantitative estimate of drug-likeness (QED) is 0.0847. The second-order valence-electron chi connectivity index (χ2n) is 11.7. The topological polar surface area (TPSA) is 121 Å². The first kappa shape index (κ1) is 35.4. The summed E-state index contributed by atoms with van der Waals surface area (Å²) in [6, 6.07) is 16.8. The number of nitrogens with zero attached hydrogens (tertiary/aromatic N) is 2. The molecule has 0 amide bonds. The van der Waals surface area contributed by atoms with E-state index >= 15 is 0 Å². The third kappa shape index (κ3) is 8.40. The predicted octanol–water partition coefficient (Wildman–Crippen LogP) is 5.79. The molecule has 5 rings (SSSR count). The first-order chi connectivity index (χ1) is 23.1. The van der Waals surface area contributed by atoms with Crippen molar-refractivity contribution in [1.29, 1.82) is 0 Å². The number of aromatic nitrogens is 1. The van der Waals surface area contributed by atoms with Crippen molar-refractivity contribution < 1.29 is 38.8 Å². The van der Waals surface area contributed by atoms with Gasteiger partial charge in [0.25, 0.3) is 0 Å². The molecule has 0 radical (unpaired) electrons. The number of carboxylic acid groups (broad SMARTS) is 1. The molecule has 3 heterocycles. The molecule has 2 aromatic carbocycles. The average molecular weight is 716 g/mol. The van der Waals surface area contributed by atoms with Crippen molar-refractivity contribution in [3.05, 3.63) is 109 Å². The van der Waals surface area contributed by atoms with Crippen molar-refractivity contribution in [3.8, 4) is 11.5 Å². The molecular weight excluding hydrogens is 677 g/mol. The van der Waals surface area contributed by atoms with E-state index in [0.717, 1.165) is 45.0 Å². The van der Waals surface area contributed by atoms with Crippen LogP contribution in [0.1, 0.15) is 55.1 Å². The lowest BCUT2D eigenvalue weighted by Gasteiger charge is -2.20. The zero-order valence-electron chi connectivity index (χ0n) is 26.8. The zero-order chi connectivity index (χ0) is 34.4. The Balaban J connectivity index is 1.44. The summed E-state index contributed by atoms with van der Waals surface area (Å²) in [5.41, 5.74) is 2.70. The Morgan fingerprint density at radius 3 is 2.38 bits per heavy atom. The normalized spacial score (nSPS) is 16.0. The summed E-state index contributed by atoms with van der Waals surface area (Å²) >= 11 is 14.2. The number of likely N-dealkylation sites (tertiary alicyclic amines) is 1. The molecule has 13 heteroatoms. The molecule has 0 aliphatic carbocycles. The van der Waals surface area contributed by atoms with Crippen LogP contribution in [-0.4, -0.2) is 74.2 Å². The van der Waals surface area contributed by atoms with E-state index < -0.39 is 17.8 Å². The molecule has 0 saturated carbocycles. The highest BCUT2D eigenvalue weighted by Crippen LogP contribution is 2.41. The number of thiophene rings is 1. The van der Waals surface area contributed by atoms with E-state index in [2.05, 4.69) is 10.2 Å². The second-order valence-corrected chi connectivity index (χ2v) is 13.6. The van der Waals surface area contributed by atoms with Crippen molar-refractivity contribution in [2.24, 2.45) is 0 Å². The molecular formula is C35H38Cl2N3O7S+. The summed E-state index contributed by atoms with van der Waals surface area (Å²) in [5, 5.41) is 24.1. The highest BCUT2D eigenvalue weighted by molar-refractivity contribution is 7.14. The van der Waals surface area contributed by atoms with Crippen LogP contribution in [0.3, 0.4) is 0 Å². The molecule has 4 aromatic rings. The molecule has 254 valence electrons. The summed E-state index contributed by atoms with van der Waals surface area (Å²) in [7, 11) is 5.08. The summed E-state index contributed by atoms with van der Waals surface area (Å²) < 4.78 is 17.7. The number of aromatic carboxylic acids is 1. The second kappa shape index (κ2) is 16.0. The van der Waals surface area contributed by atoms with Gasteiger partial charge in [-0.1, -0.05) is 59.6 Å². The third-order valence-corrected chi connectivity index (χ3v) is 10.2. The number of methoxy groups -OCH3 is 2. The van der Waals surface area contributed by atoms with Crippen LogP contribution in [0.4, 0.5) is 0 Å². The first-order valence-corrected chi connectivity index (χ1v) is 17.0. The number of hydrogen-bond acceptors (Lipinski definition) is 9. The van der Waals surface area contributed by atoms with E-state index in [1.165, 1.54) is 19.5 Å². The maximum Gasteiger partial charge on any atom is 0.346 e. The van der Waals surface area contributed by atoms with Gasteiger partial charge in [0.15, 0.2) is 11.5 Å². The Bertz CT molecular complexity index is 1730. The average Bonchev–Trinajstić information content (AvgIpc) is 3.68. The predicted molar refractivity (Wildman–Crippen MR) is 183 cm³/mol. The summed E-state index contributed by atoms with van der Waals surface area (Å²) in [6.45, 7) is 2.21. The van der Waals surface area contributed by atoms with Crippen LogP contribution in [0.2, 0.25) is 10.0 Å². The fraction of sp³-hybridized carbons (Fsp3) is 0.343. The lowest BCUT2D eigenvalue weighted by Crippen LogP contribution is -2.31. The van der Waals surface area contributed by atoms with Gasteiger partial charge in [-0.25, -0.2) is 4.79 Å². The highest BCUT2D eigenvalue weighted by Gasteiger charge is 2.30. The first-order valence-electron chi connectivity index (χ1n) is 15.4. The molecule has 1 unspecified atom stereocenters. The van der Waals surface area contributed by atoms with Crippen molar-refractivity contribution in [1.82, 2.24) is 10.2 Å². The van der Waals surface area contributed by atoms with Crippen LogP contribution < -0.4 is 19.5 Å². The van der Waals surface area contributed by atoms with E-state index in [0.29, 0.717) is 42.3 Å². The van der Waals surface area contributed by atoms with Gasteiger partial charge >= 0.3 is 11.9 Å². The van der Waals surface area contributed by atoms with Gasteiger partial charge in [-0.15, -0.1) is 11.3 Å². The van der Waals surface area contributed by atoms with Crippen LogP contribution in [-0.2, 0) is 22.5 Å². The van der Waals surface area contributed by atoms with Gasteiger partial charge in [0.1, 0.15) is 21.0 Å². The van der Waals surface area contributed by atoms with Crippen LogP contribution in [0.25, 0.3) is 0 Å². The van der Waals surface area contributed by atoms with Crippen LogP contribution >= 0.6 is 34.5 Å². The Morgan fingerprint density at radius 2 is 1.75 bits per heavy atom. The monoisotopic (exact) mass is 714 g/mol. The number of nitrogens with one attached hydrogen (secondary N) is 1. The van der Waals surface area contributed by atoms with Crippen molar-refractivity contribution >= 4 is 46.5 Å². The van der Waals surface area contributed by atoms with Gasteiger partial charge in [-0.2, -0.15) is 0 Å². The molecule has 1 aliphatic rings. The van der Waals surface area contributed by atoms with E-state index in [9.17, 15) is 19.9 Å². The number of carboxylic acids is 1. The molecule has 2 aromatic heterocycles. The van der Waals surface area contributed by atoms with Gasteiger partial charge in [-0.3, -0.25) is 10.0 Å². The number of likely N-dealkylation sites (N-methyl/N-ethyl adjacent to an activating group) is 1. The SMILES string of the molecule is COc1ccc([C@H](Cc2c(Cl)c[n+](O)cc2Cl)c2cc(CNCC(C(=O)O[C@@H]3CCN(C)C3)c3ccccc3)sc2C(=O)O)cc1OC. The Kier molecular flexibility index (Phi) is 11.8. The van der Waals surface area contributed by atoms with Crippen LogP contribution in [0.5, 0.6) is 11.5 Å². The summed E-state index contributed by atoms with van der Waals surface area (Å²) in [5.74, 6) is -1.40. The standard InChI is InChI=1S/C35H37Cl2N3O7S/c1-39-12-11-23(18-39)47-35(43)28(21-7-5-4-6-8-21)17-38-16-24-14-26(33(48-24)34(41)42)25(15-27-29(36)19-40(44)20-30(27)37)22-9-10-31(45-2)32(13-22)46-3/h4-10,13-14,19-20,23,25,28,38H,11-12,15-18H2,1-3H3,(H-,41,42,44)/p+1/t23-,25+,28?/m1/s1. The number of rotatable bonds is 14. The van der Waals surface area contributed by atoms with Crippen LogP contribution in [0, 0.1) is 0 Å². The van der Waals surface area contributed by atoms with Gasteiger partial charge in [0, 0.05) is 47.3 Å². The van der Waals surface area contributed by atoms with Crippen molar-refractivity contribution in [2.75, 3.05) is 40.9 Å². The largest absolute Gasteiger partial charge is 0.493 e. The molecule has 3 N–H and O–H groups in total. The number of pyridine rings is 1. The number of carbonyl (C=O) groups is 2. The maximum atomic E-state index is 13.4. The van der Waals surface area contributed by atoms with E-state index in [1.807, 2.05) is 49.5 Å². The molecule has 48 heavy (non-hydrogen) atoms. The van der Waals surface area contributed by atoms with E-state index in [-0.39, 0.29) is 33.4 Å². The zero-order valence-corrected chi connectivity index (χ0v) is 29.1. The Labute approximate surface area is 293 Å². The summed E-state index contributed by atoms with van der Waals surface area (Å²) in [6.07, 6.45) is 3.54. The van der Waals surface area contributed by atoms with Crippen LogP contribution in [0.15, 0.2) is 67.0 Å². The maximum absolute atomic E-state index is 13.4. The fourth-order valence-electron chi connectivity index (χ4n) is 5.99. The Morgan fingerprint density at radius 1 is 1.04 bits per heavy atom. The molecule has 10 nitrogen and oxygen atoms in total. The minimum atomic E-state index is -1.07. The molecule has 1 aliphatic heterocycles. The van der Waals surface area contributed by atoms with Crippen molar-refractivity contribution in [2.45, 2.75) is 37.3 Å². The number of halogens is 2. The van der Waals surface area contributed by atoms with Gasteiger partial charge in [0.05, 0.1) is 20.1 Å². The highest BCUT2D eigenvalue weighted by atomic mass is 35.5. The minimum Gasteiger partial charge on any atom is -0.493 e. The van der Waals surface area contributed by atoms with Crippen molar-refractivity contribution in [3.63, 3.8) is 0 Å². The number of carbonyl (C=O) groups excluding carboxylic acids is 1. The smallest absolute Gasteiger partial charge is 0.346 e. The molecule has 1 saturated heterocycles. The minimum absolute atomic E-state index is 0.144. The fourth-order valence-corrected chi connectivity index (χ4v) is 7.62.